The molecule has 0 spiro atoms. The van der Waals surface area contributed by atoms with Gasteiger partial charge in [-0.1, -0.05) is 55.2 Å². The summed E-state index contributed by atoms with van der Waals surface area (Å²) in [6.07, 6.45) is 17.1. The molecule has 0 amide bonds. The number of esters is 1. The monoisotopic (exact) mass is 214 g/mol. The minimum Gasteiger partial charge on any atom is -0.457 e. The van der Waals surface area contributed by atoms with Crippen LogP contribution in [0.1, 0.15) is 0 Å². The predicted octanol–water partition coefficient (Wildman–Crippen LogP) is 2.57. The number of hydrogen-bond donors (Lipinski definition) is 0. The van der Waals surface area contributed by atoms with E-state index in [0.717, 1.165) is 0 Å². The molecule has 0 aliphatic heterocycles. The Morgan fingerprint density at radius 2 is 1.50 bits per heavy atom. The lowest BCUT2D eigenvalue weighted by atomic mass is 9.92. The van der Waals surface area contributed by atoms with Crippen LogP contribution in [0.15, 0.2) is 61.3 Å². The van der Waals surface area contributed by atoms with Gasteiger partial charge in [-0.25, -0.2) is 4.79 Å². The van der Waals surface area contributed by atoms with Crippen LogP contribution in [0, 0.1) is 11.8 Å². The summed E-state index contributed by atoms with van der Waals surface area (Å²) in [6.45, 7) is 3.42. The second kappa shape index (κ2) is 4.79. The van der Waals surface area contributed by atoms with Crippen molar-refractivity contribution in [2.75, 3.05) is 0 Å². The van der Waals surface area contributed by atoms with Gasteiger partial charge in [-0.05, 0) is 0 Å². The first kappa shape index (κ1) is 10.7. The molecular weight excluding hydrogens is 200 g/mol. The van der Waals surface area contributed by atoms with E-state index in [2.05, 4.69) is 6.58 Å². The van der Waals surface area contributed by atoms with Gasteiger partial charge in [0.25, 0.3) is 0 Å². The van der Waals surface area contributed by atoms with Gasteiger partial charge in [0.05, 0.1) is 0 Å². The van der Waals surface area contributed by atoms with Gasteiger partial charge in [-0.2, -0.15) is 0 Å². The molecule has 0 aromatic rings. The molecule has 0 fully saturated rings. The van der Waals surface area contributed by atoms with Crippen LogP contribution in [-0.4, -0.2) is 12.1 Å². The zero-order valence-electron chi connectivity index (χ0n) is 8.95. The summed E-state index contributed by atoms with van der Waals surface area (Å²) in [7, 11) is 0. The van der Waals surface area contributed by atoms with Crippen LogP contribution in [0.4, 0.5) is 0 Å². The van der Waals surface area contributed by atoms with E-state index in [1.165, 1.54) is 6.08 Å². The Morgan fingerprint density at radius 1 is 1.06 bits per heavy atom. The lowest BCUT2D eigenvalue weighted by Gasteiger charge is -2.24. The largest absolute Gasteiger partial charge is 0.457 e. The van der Waals surface area contributed by atoms with Crippen molar-refractivity contribution in [3.63, 3.8) is 0 Å². The summed E-state index contributed by atoms with van der Waals surface area (Å²) >= 11 is 0. The number of hydrogen-bond acceptors (Lipinski definition) is 2. The normalized spacial score (nSPS) is 18.8. The minimum absolute atomic E-state index is 0.154. The van der Waals surface area contributed by atoms with Crippen LogP contribution in [0.5, 0.6) is 0 Å². The maximum atomic E-state index is 11.3. The highest BCUT2D eigenvalue weighted by Crippen LogP contribution is 2.27. The Bertz CT molecular complexity index is 347. The molecule has 0 N–H and O–H groups in total. The highest BCUT2D eigenvalue weighted by atomic mass is 16.5. The fourth-order valence-corrected chi connectivity index (χ4v) is 1.93. The van der Waals surface area contributed by atoms with Gasteiger partial charge < -0.3 is 4.74 Å². The summed E-state index contributed by atoms with van der Waals surface area (Å²) in [5.74, 6) is -0.0602. The Balaban J connectivity index is 2.12. The highest BCUT2D eigenvalue weighted by Gasteiger charge is 2.28. The Hall–Kier alpha value is -1.83. The molecule has 0 saturated carbocycles. The second-order valence-electron chi connectivity index (χ2n) is 3.80. The van der Waals surface area contributed by atoms with Gasteiger partial charge in [0.2, 0.25) is 0 Å². The third kappa shape index (κ3) is 2.22. The zero-order chi connectivity index (χ0) is 11.4. The predicted molar refractivity (Wildman–Crippen MR) is 63.6 cm³/mol. The first-order chi connectivity index (χ1) is 7.81. The molecule has 2 aliphatic rings. The molecule has 2 heteroatoms. The van der Waals surface area contributed by atoms with E-state index in [4.69, 9.17) is 4.74 Å². The summed E-state index contributed by atoms with van der Waals surface area (Å²) in [6, 6.07) is 0. The molecule has 0 saturated heterocycles. The topological polar surface area (TPSA) is 26.3 Å². The summed E-state index contributed by atoms with van der Waals surface area (Å²) in [5.41, 5.74) is 0. The third-order valence-corrected chi connectivity index (χ3v) is 2.73. The van der Waals surface area contributed by atoms with Gasteiger partial charge in [0, 0.05) is 17.9 Å². The van der Waals surface area contributed by atoms with Crippen molar-refractivity contribution in [2.45, 2.75) is 6.10 Å². The SMILES string of the molecule is C=CC(=O)OC(C1C=CC=C1)C1C=CC=C1. The van der Waals surface area contributed by atoms with Crippen molar-refractivity contribution in [1.82, 2.24) is 0 Å². The van der Waals surface area contributed by atoms with Crippen LogP contribution < -0.4 is 0 Å². The van der Waals surface area contributed by atoms with Gasteiger partial charge in [0.15, 0.2) is 0 Å². The molecule has 0 unspecified atom stereocenters. The van der Waals surface area contributed by atoms with E-state index < -0.39 is 0 Å². The Kier molecular flexibility index (Phi) is 3.20. The van der Waals surface area contributed by atoms with E-state index in [9.17, 15) is 4.79 Å². The number of rotatable bonds is 4. The molecule has 2 rings (SSSR count). The lowest BCUT2D eigenvalue weighted by Crippen LogP contribution is -2.29. The fourth-order valence-electron chi connectivity index (χ4n) is 1.93. The number of allylic oxidation sites excluding steroid dienone is 4. The second-order valence-corrected chi connectivity index (χ2v) is 3.80. The van der Waals surface area contributed by atoms with E-state index in [1.54, 1.807) is 0 Å². The zero-order valence-corrected chi connectivity index (χ0v) is 8.95. The van der Waals surface area contributed by atoms with Gasteiger partial charge >= 0.3 is 5.97 Å². The van der Waals surface area contributed by atoms with E-state index in [-0.39, 0.29) is 23.9 Å². The quantitative estimate of drug-likeness (QED) is 0.531. The molecule has 0 radical (unpaired) electrons. The van der Waals surface area contributed by atoms with Gasteiger partial charge in [-0.15, -0.1) is 0 Å². The van der Waals surface area contributed by atoms with E-state index >= 15 is 0 Å². The smallest absolute Gasteiger partial charge is 0.330 e. The van der Waals surface area contributed by atoms with Crippen molar-refractivity contribution in [3.05, 3.63) is 61.3 Å². The van der Waals surface area contributed by atoms with E-state index in [1.807, 2.05) is 48.6 Å². The molecule has 0 aromatic heterocycles. The molecule has 82 valence electrons. The molecule has 2 aliphatic carbocycles. The van der Waals surface area contributed by atoms with Crippen LogP contribution in [0.3, 0.4) is 0 Å². The maximum Gasteiger partial charge on any atom is 0.330 e. The molecule has 0 aromatic carbocycles. The molecule has 2 nitrogen and oxygen atoms in total. The first-order valence-corrected chi connectivity index (χ1v) is 5.34. The first-order valence-electron chi connectivity index (χ1n) is 5.34. The molecule has 0 heterocycles. The fraction of sp³-hybridized carbons (Fsp3) is 0.214. The maximum absolute atomic E-state index is 11.3. The number of carbonyl (C=O) groups is 1. The van der Waals surface area contributed by atoms with Crippen molar-refractivity contribution < 1.29 is 9.53 Å². The summed E-state index contributed by atoms with van der Waals surface area (Å²) in [5, 5.41) is 0. The van der Waals surface area contributed by atoms with Crippen molar-refractivity contribution >= 4 is 5.97 Å². The molecule has 16 heavy (non-hydrogen) atoms. The van der Waals surface area contributed by atoms with Gasteiger partial charge in [-0.3, -0.25) is 0 Å². The number of ether oxygens (including phenoxy) is 1. The lowest BCUT2D eigenvalue weighted by molar-refractivity contribution is -0.145. The number of carbonyl (C=O) groups excluding carboxylic acids is 1. The summed E-state index contributed by atoms with van der Waals surface area (Å²) in [4.78, 5) is 11.3. The molecule has 0 atom stereocenters. The molecular formula is C14H14O2. The van der Waals surface area contributed by atoms with Crippen LogP contribution in [0.2, 0.25) is 0 Å². The summed E-state index contributed by atoms with van der Waals surface area (Å²) < 4.78 is 5.41. The highest BCUT2D eigenvalue weighted by molar-refractivity contribution is 5.81. The van der Waals surface area contributed by atoms with Crippen LogP contribution in [-0.2, 0) is 9.53 Å². The van der Waals surface area contributed by atoms with E-state index in [0.29, 0.717) is 0 Å². The standard InChI is InChI=1S/C14H14O2/c1-2-13(15)16-14(11-7-3-4-8-11)12-9-5-6-10-12/h2-12,14H,1H2. The Morgan fingerprint density at radius 3 is 1.88 bits per heavy atom. The van der Waals surface area contributed by atoms with Gasteiger partial charge in [0.1, 0.15) is 6.10 Å². The van der Waals surface area contributed by atoms with Crippen LogP contribution in [0.25, 0.3) is 0 Å². The average molecular weight is 214 g/mol. The van der Waals surface area contributed by atoms with Crippen molar-refractivity contribution in [2.24, 2.45) is 11.8 Å². The Labute approximate surface area is 95.3 Å². The van der Waals surface area contributed by atoms with Crippen LogP contribution >= 0.6 is 0 Å². The average Bonchev–Trinajstić information content (AvgIpc) is 2.97. The third-order valence-electron chi connectivity index (χ3n) is 2.73. The molecule has 0 bridgehead atoms. The minimum atomic E-state index is -0.368. The van der Waals surface area contributed by atoms with Crippen molar-refractivity contribution in [1.29, 1.82) is 0 Å². The van der Waals surface area contributed by atoms with Crippen molar-refractivity contribution in [3.8, 4) is 0 Å².